The molecule has 1 aromatic carbocycles. The van der Waals surface area contributed by atoms with E-state index in [1.807, 2.05) is 0 Å². The molecule has 0 aliphatic heterocycles. The van der Waals surface area contributed by atoms with Crippen LogP contribution in [-0.4, -0.2) is 41.9 Å². The number of nitro groups is 1. The number of nitrogens with two attached hydrogens (primary N) is 1. The zero-order valence-electron chi connectivity index (χ0n) is 11.2. The number of nitro benzene ring substituents is 1. The summed E-state index contributed by atoms with van der Waals surface area (Å²) in [5.74, 6) is 0. The Bertz CT molecular complexity index is 600. The number of hydrogen-bond donors (Lipinski definition) is 2. The molecule has 0 bridgehead atoms. The second-order valence-electron chi connectivity index (χ2n) is 4.41. The highest BCUT2D eigenvalue weighted by Gasteiger charge is 2.28. The highest BCUT2D eigenvalue weighted by Crippen LogP contribution is 2.27. The third-order valence-electron chi connectivity index (χ3n) is 2.70. The van der Waals surface area contributed by atoms with Gasteiger partial charge in [0.25, 0.3) is 5.69 Å². The molecular weight excluding hydrogens is 286 g/mol. The van der Waals surface area contributed by atoms with Gasteiger partial charge in [-0.3, -0.25) is 10.1 Å². The molecule has 0 aliphatic carbocycles. The highest BCUT2D eigenvalue weighted by atomic mass is 32.2. The van der Waals surface area contributed by atoms with Crippen molar-refractivity contribution >= 4 is 21.4 Å². The fourth-order valence-corrected chi connectivity index (χ4v) is 3.38. The molecule has 0 unspecified atom stereocenters. The minimum Gasteiger partial charge on any atom is -0.395 e. The molecular formula is C11H17N3O5S. The third-order valence-corrected chi connectivity index (χ3v) is 4.77. The lowest BCUT2D eigenvalue weighted by Crippen LogP contribution is -2.38. The highest BCUT2D eigenvalue weighted by molar-refractivity contribution is 7.89. The van der Waals surface area contributed by atoms with Gasteiger partial charge in [-0.1, -0.05) is 0 Å². The maximum atomic E-state index is 12.4. The summed E-state index contributed by atoms with van der Waals surface area (Å²) in [4.78, 5) is 9.85. The van der Waals surface area contributed by atoms with Gasteiger partial charge in [-0.25, -0.2) is 8.42 Å². The van der Waals surface area contributed by atoms with E-state index in [9.17, 15) is 18.5 Å². The van der Waals surface area contributed by atoms with Crippen molar-refractivity contribution in [3.63, 3.8) is 0 Å². The molecule has 0 fully saturated rings. The quantitative estimate of drug-likeness (QED) is 0.449. The van der Waals surface area contributed by atoms with Crippen LogP contribution in [0.2, 0.25) is 0 Å². The van der Waals surface area contributed by atoms with Crippen LogP contribution in [-0.2, 0) is 10.0 Å². The van der Waals surface area contributed by atoms with Crippen LogP contribution in [0.5, 0.6) is 0 Å². The first-order valence-electron chi connectivity index (χ1n) is 5.88. The number of anilines is 1. The van der Waals surface area contributed by atoms with Crippen LogP contribution in [0.4, 0.5) is 11.4 Å². The summed E-state index contributed by atoms with van der Waals surface area (Å²) < 4.78 is 25.9. The average molecular weight is 303 g/mol. The largest absolute Gasteiger partial charge is 0.395 e. The number of nitrogen functional groups attached to an aromatic ring is 1. The fraction of sp³-hybridized carbons (Fsp3) is 0.455. The van der Waals surface area contributed by atoms with Gasteiger partial charge in [-0.2, -0.15) is 4.31 Å². The van der Waals surface area contributed by atoms with Gasteiger partial charge in [0.15, 0.2) is 0 Å². The monoisotopic (exact) mass is 303 g/mol. The summed E-state index contributed by atoms with van der Waals surface area (Å²) in [6, 6.07) is 2.94. The lowest BCUT2D eigenvalue weighted by Gasteiger charge is -2.25. The predicted octanol–water partition coefficient (Wildman–Crippen LogP) is 0.568. The minimum atomic E-state index is -3.92. The Hall–Kier alpha value is -1.71. The van der Waals surface area contributed by atoms with Crippen molar-refractivity contribution in [1.29, 1.82) is 0 Å². The molecule has 3 N–H and O–H groups in total. The smallest absolute Gasteiger partial charge is 0.293 e. The Kier molecular flexibility index (Phi) is 5.03. The Morgan fingerprint density at radius 1 is 1.45 bits per heavy atom. The molecule has 1 aromatic rings. The van der Waals surface area contributed by atoms with E-state index in [2.05, 4.69) is 0 Å². The number of sulfonamides is 1. The number of aliphatic hydroxyl groups is 1. The van der Waals surface area contributed by atoms with E-state index in [1.165, 1.54) is 12.1 Å². The van der Waals surface area contributed by atoms with Gasteiger partial charge in [-0.15, -0.1) is 0 Å². The van der Waals surface area contributed by atoms with Crippen molar-refractivity contribution in [3.8, 4) is 0 Å². The van der Waals surface area contributed by atoms with Gasteiger partial charge < -0.3 is 10.8 Å². The molecule has 20 heavy (non-hydrogen) atoms. The molecule has 0 aromatic heterocycles. The lowest BCUT2D eigenvalue weighted by atomic mass is 10.3. The molecule has 0 saturated carbocycles. The molecule has 0 aliphatic rings. The Balaban J connectivity index is 3.34. The predicted molar refractivity (Wildman–Crippen MR) is 73.6 cm³/mol. The van der Waals surface area contributed by atoms with Gasteiger partial charge >= 0.3 is 0 Å². The maximum absolute atomic E-state index is 12.4. The van der Waals surface area contributed by atoms with E-state index in [4.69, 9.17) is 10.8 Å². The molecule has 0 spiro atoms. The van der Waals surface area contributed by atoms with Crippen molar-refractivity contribution in [1.82, 2.24) is 4.31 Å². The van der Waals surface area contributed by atoms with Crippen LogP contribution in [0.3, 0.4) is 0 Å². The third kappa shape index (κ3) is 3.24. The van der Waals surface area contributed by atoms with Gasteiger partial charge in [0.05, 0.1) is 16.4 Å². The standard InChI is InChI=1S/C11H17N3O5S/c1-8(2)13(5-6-15)20(18,19)9-3-4-10(12)11(7-9)14(16)17/h3-4,7-8,15H,5-6,12H2,1-2H3. The van der Waals surface area contributed by atoms with Crippen molar-refractivity contribution in [2.24, 2.45) is 0 Å². The van der Waals surface area contributed by atoms with Crippen molar-refractivity contribution in [2.45, 2.75) is 24.8 Å². The fourth-order valence-electron chi connectivity index (χ4n) is 1.73. The number of aliphatic hydroxyl groups excluding tert-OH is 1. The van der Waals surface area contributed by atoms with Gasteiger partial charge in [0.1, 0.15) is 5.69 Å². The van der Waals surface area contributed by atoms with Gasteiger partial charge in [0, 0.05) is 18.7 Å². The zero-order chi connectivity index (χ0) is 15.5. The van der Waals surface area contributed by atoms with Crippen molar-refractivity contribution < 1.29 is 18.4 Å². The molecule has 112 valence electrons. The van der Waals surface area contributed by atoms with E-state index >= 15 is 0 Å². The summed E-state index contributed by atoms with van der Waals surface area (Å²) in [5.41, 5.74) is 4.87. The molecule has 0 amide bonds. The van der Waals surface area contributed by atoms with Crippen LogP contribution in [0.1, 0.15) is 13.8 Å². The first-order chi connectivity index (χ1) is 9.21. The molecule has 1 rings (SSSR count). The van der Waals surface area contributed by atoms with Crippen LogP contribution in [0, 0.1) is 10.1 Å². The Labute approximate surface area is 117 Å². The van der Waals surface area contributed by atoms with E-state index in [0.717, 1.165) is 10.4 Å². The summed E-state index contributed by atoms with van der Waals surface area (Å²) in [7, 11) is -3.92. The lowest BCUT2D eigenvalue weighted by molar-refractivity contribution is -0.384. The molecule has 0 saturated heterocycles. The first-order valence-corrected chi connectivity index (χ1v) is 7.32. The summed E-state index contributed by atoms with van der Waals surface area (Å²) in [6.45, 7) is 2.88. The summed E-state index contributed by atoms with van der Waals surface area (Å²) >= 11 is 0. The number of benzene rings is 1. The maximum Gasteiger partial charge on any atom is 0.293 e. The van der Waals surface area contributed by atoms with Crippen LogP contribution in [0.25, 0.3) is 0 Å². The summed E-state index contributed by atoms with van der Waals surface area (Å²) in [5, 5.41) is 19.8. The molecule has 0 atom stereocenters. The van der Waals surface area contributed by atoms with Crippen LogP contribution >= 0.6 is 0 Å². The normalized spacial score (nSPS) is 12.1. The van der Waals surface area contributed by atoms with Gasteiger partial charge in [-0.05, 0) is 26.0 Å². The number of nitrogens with zero attached hydrogens (tertiary/aromatic N) is 2. The van der Waals surface area contributed by atoms with Crippen molar-refractivity contribution in [3.05, 3.63) is 28.3 Å². The minimum absolute atomic E-state index is 0.0851. The SMILES string of the molecule is CC(C)N(CCO)S(=O)(=O)c1ccc(N)c([N+](=O)[O-])c1. The zero-order valence-corrected chi connectivity index (χ0v) is 12.0. The second kappa shape index (κ2) is 6.16. The molecule has 8 nitrogen and oxygen atoms in total. The number of hydrogen-bond acceptors (Lipinski definition) is 6. The molecule has 0 radical (unpaired) electrons. The van der Waals surface area contributed by atoms with E-state index in [-0.39, 0.29) is 29.8 Å². The summed E-state index contributed by atoms with van der Waals surface area (Å²) in [6.07, 6.45) is 0. The Morgan fingerprint density at radius 3 is 2.50 bits per heavy atom. The molecule has 0 heterocycles. The van der Waals surface area contributed by atoms with Crippen molar-refractivity contribution in [2.75, 3.05) is 18.9 Å². The van der Waals surface area contributed by atoms with Crippen LogP contribution < -0.4 is 5.73 Å². The average Bonchev–Trinajstić information content (AvgIpc) is 2.35. The van der Waals surface area contributed by atoms with E-state index in [1.54, 1.807) is 13.8 Å². The first kappa shape index (κ1) is 16.3. The topological polar surface area (TPSA) is 127 Å². The number of rotatable bonds is 6. The van der Waals surface area contributed by atoms with Crippen LogP contribution in [0.15, 0.2) is 23.1 Å². The van der Waals surface area contributed by atoms with E-state index < -0.39 is 20.6 Å². The second-order valence-corrected chi connectivity index (χ2v) is 6.30. The van der Waals surface area contributed by atoms with Gasteiger partial charge in [0.2, 0.25) is 10.0 Å². The molecule has 9 heteroatoms. The Morgan fingerprint density at radius 2 is 2.05 bits per heavy atom. The van der Waals surface area contributed by atoms with E-state index in [0.29, 0.717) is 0 Å².